The van der Waals surface area contributed by atoms with E-state index in [0.717, 1.165) is 21.7 Å². The Morgan fingerprint density at radius 3 is 2.32 bits per heavy atom. The third kappa shape index (κ3) is 3.58. The summed E-state index contributed by atoms with van der Waals surface area (Å²) in [6, 6.07) is 13.7. The topological polar surface area (TPSA) is 96.7 Å². The Kier molecular flexibility index (Phi) is 5.49. The third-order valence-corrected chi connectivity index (χ3v) is 7.04. The van der Waals surface area contributed by atoms with Crippen LogP contribution in [-0.2, 0) is 4.79 Å². The van der Waals surface area contributed by atoms with Crippen LogP contribution < -0.4 is 5.32 Å². The fourth-order valence-corrected chi connectivity index (χ4v) is 4.99. The standard InChI is InChI=1S/C25H23N5O3S/c1-4-15(3)20(29-22(32)17-7-5-6-8-18(17)23(29)33)21(31)26-24-27-25-30(28-24)19(13-34-25)16-11-9-14(2)10-12-16/h5-13,15,20H,4H2,1-3H3,(H,26,28,31). The van der Waals surface area contributed by atoms with Gasteiger partial charge >= 0.3 is 0 Å². The number of imide groups is 1. The monoisotopic (exact) mass is 473 g/mol. The number of aromatic nitrogens is 3. The molecule has 0 bridgehead atoms. The van der Waals surface area contributed by atoms with Crippen molar-refractivity contribution in [2.45, 2.75) is 33.2 Å². The molecule has 0 spiro atoms. The van der Waals surface area contributed by atoms with E-state index in [1.165, 1.54) is 11.3 Å². The van der Waals surface area contributed by atoms with Crippen LogP contribution in [0.15, 0.2) is 53.9 Å². The highest BCUT2D eigenvalue weighted by Crippen LogP contribution is 2.30. The molecule has 0 saturated carbocycles. The van der Waals surface area contributed by atoms with Gasteiger partial charge in [-0.15, -0.1) is 16.4 Å². The van der Waals surface area contributed by atoms with E-state index >= 15 is 0 Å². The Labute approximate surface area is 200 Å². The number of carbonyl (C=O) groups is 3. The number of hydrogen-bond acceptors (Lipinski definition) is 6. The van der Waals surface area contributed by atoms with Gasteiger partial charge in [0.25, 0.3) is 17.8 Å². The van der Waals surface area contributed by atoms with Crippen molar-refractivity contribution < 1.29 is 14.4 Å². The highest BCUT2D eigenvalue weighted by atomic mass is 32.1. The molecule has 1 aliphatic rings. The zero-order valence-corrected chi connectivity index (χ0v) is 19.8. The van der Waals surface area contributed by atoms with Crippen molar-refractivity contribution >= 4 is 40.0 Å². The quantitative estimate of drug-likeness (QED) is 0.418. The first kappa shape index (κ1) is 22.0. The molecule has 9 heteroatoms. The number of carbonyl (C=O) groups excluding carboxylic acids is 3. The minimum atomic E-state index is -0.976. The minimum Gasteiger partial charge on any atom is -0.291 e. The molecule has 4 aromatic rings. The molecule has 8 nitrogen and oxygen atoms in total. The van der Waals surface area contributed by atoms with E-state index in [1.807, 2.05) is 50.4 Å². The van der Waals surface area contributed by atoms with Crippen LogP contribution in [0.5, 0.6) is 0 Å². The van der Waals surface area contributed by atoms with Gasteiger partial charge in [0.05, 0.1) is 16.8 Å². The molecule has 2 atom stereocenters. The zero-order valence-electron chi connectivity index (χ0n) is 19.0. The summed E-state index contributed by atoms with van der Waals surface area (Å²) in [5.74, 6) is -1.52. The van der Waals surface area contributed by atoms with Gasteiger partial charge < -0.3 is 0 Å². The van der Waals surface area contributed by atoms with Crippen molar-refractivity contribution in [2.75, 3.05) is 5.32 Å². The Morgan fingerprint density at radius 2 is 1.71 bits per heavy atom. The number of hydrogen-bond donors (Lipinski definition) is 1. The van der Waals surface area contributed by atoms with Crippen LogP contribution in [-0.4, -0.2) is 43.3 Å². The van der Waals surface area contributed by atoms with E-state index in [2.05, 4.69) is 15.4 Å². The summed E-state index contributed by atoms with van der Waals surface area (Å²) in [6.45, 7) is 5.79. The first-order valence-corrected chi connectivity index (χ1v) is 12.0. The number of thiazole rings is 1. The molecule has 0 fully saturated rings. The lowest BCUT2D eigenvalue weighted by Crippen LogP contribution is -2.50. The van der Waals surface area contributed by atoms with Crippen molar-refractivity contribution in [1.29, 1.82) is 0 Å². The second kappa shape index (κ2) is 8.49. The molecule has 3 amide bonds. The molecule has 0 aliphatic carbocycles. The van der Waals surface area contributed by atoms with Crippen LogP contribution in [0.3, 0.4) is 0 Å². The van der Waals surface area contributed by atoms with Crippen molar-refractivity contribution in [1.82, 2.24) is 19.5 Å². The lowest BCUT2D eigenvalue weighted by atomic mass is 9.96. The maximum atomic E-state index is 13.4. The van der Waals surface area contributed by atoms with Crippen molar-refractivity contribution in [3.63, 3.8) is 0 Å². The van der Waals surface area contributed by atoms with Crippen LogP contribution in [0.2, 0.25) is 0 Å². The largest absolute Gasteiger partial charge is 0.291 e. The number of amides is 3. The van der Waals surface area contributed by atoms with Crippen molar-refractivity contribution in [3.8, 4) is 11.3 Å². The summed E-state index contributed by atoms with van der Waals surface area (Å²) >= 11 is 1.42. The lowest BCUT2D eigenvalue weighted by Gasteiger charge is -2.29. The van der Waals surface area contributed by atoms with E-state index in [9.17, 15) is 14.4 Å². The maximum Gasteiger partial charge on any atom is 0.262 e. The van der Waals surface area contributed by atoms with Crippen LogP contribution in [0.4, 0.5) is 5.95 Å². The molecule has 2 aromatic heterocycles. The second-order valence-electron chi connectivity index (χ2n) is 8.46. The average Bonchev–Trinajstić information content (AvgIpc) is 3.48. The summed E-state index contributed by atoms with van der Waals surface area (Å²) in [6.07, 6.45) is 0.606. The van der Waals surface area contributed by atoms with Crippen LogP contribution >= 0.6 is 11.3 Å². The van der Waals surface area contributed by atoms with Crippen molar-refractivity contribution in [3.05, 3.63) is 70.6 Å². The van der Waals surface area contributed by atoms with Crippen molar-refractivity contribution in [2.24, 2.45) is 5.92 Å². The van der Waals surface area contributed by atoms with Crippen LogP contribution in [0.1, 0.15) is 46.5 Å². The van der Waals surface area contributed by atoms with E-state index in [4.69, 9.17) is 0 Å². The van der Waals surface area contributed by atoms with Gasteiger partial charge in [-0.25, -0.2) is 4.52 Å². The van der Waals surface area contributed by atoms with Gasteiger partial charge in [-0.1, -0.05) is 62.2 Å². The van der Waals surface area contributed by atoms with E-state index in [0.29, 0.717) is 22.5 Å². The average molecular weight is 474 g/mol. The van der Waals surface area contributed by atoms with E-state index in [1.54, 1.807) is 28.8 Å². The van der Waals surface area contributed by atoms with Gasteiger partial charge in [-0.05, 0) is 25.0 Å². The number of anilines is 1. The number of benzene rings is 2. The Hall–Kier alpha value is -3.85. The molecule has 2 aromatic carbocycles. The van der Waals surface area contributed by atoms with Gasteiger partial charge in [0, 0.05) is 10.9 Å². The summed E-state index contributed by atoms with van der Waals surface area (Å²) < 4.78 is 1.69. The summed E-state index contributed by atoms with van der Waals surface area (Å²) in [5, 5.41) is 9.19. The molecule has 172 valence electrons. The van der Waals surface area contributed by atoms with Gasteiger partial charge in [-0.2, -0.15) is 4.98 Å². The van der Waals surface area contributed by atoms with E-state index < -0.39 is 23.8 Å². The molecule has 1 aliphatic heterocycles. The minimum absolute atomic E-state index is 0.134. The molecular formula is C25H23N5O3S. The highest BCUT2D eigenvalue weighted by Gasteiger charge is 2.44. The predicted octanol–water partition coefficient (Wildman–Crippen LogP) is 4.42. The summed E-state index contributed by atoms with van der Waals surface area (Å²) in [4.78, 5) is 45.6. The fourth-order valence-electron chi connectivity index (χ4n) is 4.16. The molecule has 0 saturated heterocycles. The number of nitrogens with zero attached hydrogens (tertiary/aromatic N) is 4. The number of rotatable bonds is 6. The molecule has 34 heavy (non-hydrogen) atoms. The Morgan fingerprint density at radius 1 is 1.06 bits per heavy atom. The molecule has 5 rings (SSSR count). The highest BCUT2D eigenvalue weighted by molar-refractivity contribution is 7.15. The zero-order chi connectivity index (χ0) is 24.0. The number of aryl methyl sites for hydroxylation is 1. The Balaban J connectivity index is 1.44. The third-order valence-electron chi connectivity index (χ3n) is 6.22. The second-order valence-corrected chi connectivity index (χ2v) is 9.30. The first-order valence-electron chi connectivity index (χ1n) is 11.1. The van der Waals surface area contributed by atoms with Crippen LogP contribution in [0.25, 0.3) is 16.2 Å². The summed E-state index contributed by atoms with van der Waals surface area (Å²) in [7, 11) is 0. The molecule has 0 radical (unpaired) electrons. The van der Waals surface area contributed by atoms with Gasteiger partial charge in [0.1, 0.15) is 6.04 Å². The van der Waals surface area contributed by atoms with E-state index in [-0.39, 0.29) is 11.9 Å². The predicted molar refractivity (Wildman–Crippen MR) is 130 cm³/mol. The van der Waals surface area contributed by atoms with Gasteiger partial charge in [0.2, 0.25) is 10.9 Å². The normalized spacial score (nSPS) is 15.0. The fraction of sp³-hybridized carbons (Fsp3) is 0.240. The molecular weight excluding hydrogens is 450 g/mol. The molecule has 1 N–H and O–H groups in total. The van der Waals surface area contributed by atoms with Gasteiger partial charge in [0.15, 0.2) is 0 Å². The number of fused-ring (bicyclic) bond motifs is 2. The first-order chi connectivity index (χ1) is 16.4. The molecule has 2 unspecified atom stereocenters. The lowest BCUT2D eigenvalue weighted by molar-refractivity contribution is -0.121. The maximum absolute atomic E-state index is 13.4. The number of nitrogens with one attached hydrogen (secondary N) is 1. The van der Waals surface area contributed by atoms with Crippen LogP contribution in [0, 0.1) is 12.8 Å². The smallest absolute Gasteiger partial charge is 0.262 e. The van der Waals surface area contributed by atoms with Gasteiger partial charge in [-0.3, -0.25) is 24.6 Å². The summed E-state index contributed by atoms with van der Waals surface area (Å²) in [5.41, 5.74) is 3.65. The SMILES string of the molecule is CCC(C)C(C(=O)Nc1nc2scc(-c3ccc(C)cc3)n2n1)N1C(=O)c2ccccc2C1=O. The molecule has 3 heterocycles. The Bertz CT molecular complexity index is 1390.